The van der Waals surface area contributed by atoms with Crippen molar-refractivity contribution in [1.29, 1.82) is 0 Å². The molecule has 1 aromatic heterocycles. The fraction of sp³-hybridized carbons (Fsp3) is 0.500. The Kier molecular flexibility index (Phi) is 3.83. The van der Waals surface area contributed by atoms with Gasteiger partial charge in [-0.05, 0) is 12.8 Å². The second-order valence-electron chi connectivity index (χ2n) is 3.98. The summed E-state index contributed by atoms with van der Waals surface area (Å²) in [6, 6.07) is -0.243. The standard InChI is InChI=1S/C10H15ClN6O/c1-13-9(18)7-3-2-4-17(7)8-6(11)5-14-10(15-8)16-12/h5,7H,2-4,12H2,1H3,(H,13,18)(H,14,15,16). The molecule has 0 aliphatic carbocycles. The molecule has 1 saturated heterocycles. The summed E-state index contributed by atoms with van der Waals surface area (Å²) in [5, 5.41) is 3.05. The predicted octanol–water partition coefficient (Wildman–Crippen LogP) is 0.130. The van der Waals surface area contributed by atoms with Gasteiger partial charge in [0.15, 0.2) is 5.82 Å². The summed E-state index contributed by atoms with van der Waals surface area (Å²) in [6.07, 6.45) is 3.17. The average molecular weight is 271 g/mol. The lowest BCUT2D eigenvalue weighted by Gasteiger charge is -2.25. The molecular formula is C10H15ClN6O. The number of nitrogens with two attached hydrogens (primary N) is 1. The van der Waals surface area contributed by atoms with Crippen molar-refractivity contribution >= 4 is 29.3 Å². The smallest absolute Gasteiger partial charge is 0.242 e. The van der Waals surface area contributed by atoms with Crippen molar-refractivity contribution in [3.8, 4) is 0 Å². The van der Waals surface area contributed by atoms with E-state index in [1.807, 2.05) is 4.90 Å². The number of aromatic nitrogens is 2. The van der Waals surface area contributed by atoms with E-state index in [9.17, 15) is 4.79 Å². The molecule has 0 bridgehead atoms. The molecule has 98 valence electrons. The zero-order valence-corrected chi connectivity index (χ0v) is 10.7. The maximum absolute atomic E-state index is 11.8. The largest absolute Gasteiger partial charge is 0.357 e. The van der Waals surface area contributed by atoms with Gasteiger partial charge >= 0.3 is 0 Å². The number of carbonyl (C=O) groups is 1. The fourth-order valence-electron chi connectivity index (χ4n) is 2.09. The van der Waals surface area contributed by atoms with Crippen LogP contribution in [0.4, 0.5) is 11.8 Å². The van der Waals surface area contributed by atoms with Crippen molar-refractivity contribution in [3.05, 3.63) is 11.2 Å². The number of halogens is 1. The Morgan fingerprint density at radius 3 is 3.11 bits per heavy atom. The first-order valence-corrected chi connectivity index (χ1v) is 6.02. The summed E-state index contributed by atoms with van der Waals surface area (Å²) >= 11 is 6.08. The monoisotopic (exact) mass is 270 g/mol. The second-order valence-corrected chi connectivity index (χ2v) is 4.38. The molecule has 0 spiro atoms. The van der Waals surface area contributed by atoms with Crippen LogP contribution in [0.25, 0.3) is 0 Å². The van der Waals surface area contributed by atoms with Crippen molar-refractivity contribution in [3.63, 3.8) is 0 Å². The normalized spacial score (nSPS) is 18.8. The van der Waals surface area contributed by atoms with Crippen molar-refractivity contribution in [2.75, 3.05) is 23.9 Å². The van der Waals surface area contributed by atoms with Gasteiger partial charge in [-0.1, -0.05) is 11.6 Å². The predicted molar refractivity (Wildman–Crippen MR) is 69.3 cm³/mol. The Bertz CT molecular complexity index is 454. The summed E-state index contributed by atoms with van der Waals surface area (Å²) in [7, 11) is 1.62. The molecule has 1 fully saturated rings. The molecule has 2 heterocycles. The molecular weight excluding hydrogens is 256 g/mol. The van der Waals surface area contributed by atoms with Crippen LogP contribution < -0.4 is 21.5 Å². The molecule has 18 heavy (non-hydrogen) atoms. The van der Waals surface area contributed by atoms with E-state index in [1.54, 1.807) is 7.05 Å². The fourth-order valence-corrected chi connectivity index (χ4v) is 2.29. The van der Waals surface area contributed by atoms with Crippen LogP contribution in [0.3, 0.4) is 0 Å². The highest BCUT2D eigenvalue weighted by Crippen LogP contribution is 2.30. The van der Waals surface area contributed by atoms with Crippen LogP contribution >= 0.6 is 11.6 Å². The van der Waals surface area contributed by atoms with Gasteiger partial charge in [0.2, 0.25) is 11.9 Å². The van der Waals surface area contributed by atoms with Gasteiger partial charge in [0.05, 0.1) is 6.20 Å². The first-order valence-electron chi connectivity index (χ1n) is 5.64. The summed E-state index contributed by atoms with van der Waals surface area (Å²) in [6.45, 7) is 0.735. The maximum Gasteiger partial charge on any atom is 0.242 e. The zero-order valence-electron chi connectivity index (χ0n) is 9.98. The molecule has 1 aliphatic heterocycles. The van der Waals surface area contributed by atoms with Gasteiger partial charge in [-0.15, -0.1) is 0 Å². The van der Waals surface area contributed by atoms with Crippen LogP contribution in [0.2, 0.25) is 5.02 Å². The number of amides is 1. The Balaban J connectivity index is 2.32. The van der Waals surface area contributed by atoms with Crippen LogP contribution in [-0.2, 0) is 4.79 Å². The molecule has 1 atom stereocenters. The highest BCUT2D eigenvalue weighted by molar-refractivity contribution is 6.32. The molecule has 4 N–H and O–H groups in total. The highest BCUT2D eigenvalue weighted by atomic mass is 35.5. The summed E-state index contributed by atoms with van der Waals surface area (Å²) in [4.78, 5) is 21.8. The molecule has 7 nitrogen and oxygen atoms in total. The third kappa shape index (κ3) is 2.32. The average Bonchev–Trinajstić information content (AvgIpc) is 2.87. The van der Waals surface area contributed by atoms with Crippen LogP contribution in [0.5, 0.6) is 0 Å². The van der Waals surface area contributed by atoms with E-state index in [0.717, 1.165) is 19.4 Å². The number of rotatable bonds is 3. The molecule has 0 aromatic carbocycles. The quantitative estimate of drug-likeness (QED) is 0.534. The molecule has 0 radical (unpaired) electrons. The molecule has 1 amide bonds. The van der Waals surface area contributed by atoms with Crippen LogP contribution in [0.15, 0.2) is 6.20 Å². The molecule has 8 heteroatoms. The molecule has 0 saturated carbocycles. The minimum Gasteiger partial charge on any atom is -0.357 e. The number of anilines is 2. The first kappa shape index (κ1) is 12.8. The van der Waals surface area contributed by atoms with Gasteiger partial charge in [0.25, 0.3) is 0 Å². The molecule has 1 unspecified atom stereocenters. The Morgan fingerprint density at radius 1 is 1.67 bits per heavy atom. The van der Waals surface area contributed by atoms with Crippen LogP contribution in [0.1, 0.15) is 12.8 Å². The molecule has 1 aromatic rings. The van der Waals surface area contributed by atoms with E-state index >= 15 is 0 Å². The lowest BCUT2D eigenvalue weighted by atomic mass is 10.2. The van der Waals surface area contributed by atoms with Crippen molar-refractivity contribution in [2.24, 2.45) is 5.84 Å². The number of hydrogen-bond acceptors (Lipinski definition) is 6. The van der Waals surface area contributed by atoms with Crippen molar-refractivity contribution in [1.82, 2.24) is 15.3 Å². The number of nitrogens with one attached hydrogen (secondary N) is 2. The summed E-state index contributed by atoms with van der Waals surface area (Å²) < 4.78 is 0. The summed E-state index contributed by atoms with van der Waals surface area (Å²) in [5.41, 5.74) is 2.37. The Hall–Kier alpha value is -1.60. The number of nitrogens with zero attached hydrogens (tertiary/aromatic N) is 3. The van der Waals surface area contributed by atoms with E-state index in [2.05, 4.69) is 20.7 Å². The number of carbonyl (C=O) groups excluding carboxylic acids is 1. The van der Waals surface area contributed by atoms with Gasteiger partial charge in [-0.3, -0.25) is 10.2 Å². The van der Waals surface area contributed by atoms with E-state index in [-0.39, 0.29) is 17.9 Å². The summed E-state index contributed by atoms with van der Waals surface area (Å²) in [5.74, 6) is 6.04. The SMILES string of the molecule is CNC(=O)C1CCCN1c1nc(NN)ncc1Cl. The number of hydrogen-bond donors (Lipinski definition) is 3. The second kappa shape index (κ2) is 5.36. The minimum atomic E-state index is -0.243. The first-order chi connectivity index (χ1) is 8.67. The van der Waals surface area contributed by atoms with Crippen LogP contribution in [-0.4, -0.2) is 35.5 Å². The highest BCUT2D eigenvalue weighted by Gasteiger charge is 2.32. The Morgan fingerprint density at radius 2 is 2.44 bits per heavy atom. The zero-order chi connectivity index (χ0) is 13.1. The van der Waals surface area contributed by atoms with Crippen molar-refractivity contribution < 1.29 is 4.79 Å². The number of hydrazine groups is 1. The van der Waals surface area contributed by atoms with Crippen LogP contribution in [0, 0.1) is 0 Å². The van der Waals surface area contributed by atoms with E-state index in [1.165, 1.54) is 6.20 Å². The van der Waals surface area contributed by atoms with Gasteiger partial charge < -0.3 is 10.2 Å². The number of likely N-dealkylation sites (N-methyl/N-ethyl adjacent to an activating group) is 1. The topological polar surface area (TPSA) is 96.2 Å². The van der Waals surface area contributed by atoms with Gasteiger partial charge in [-0.25, -0.2) is 10.8 Å². The minimum absolute atomic E-state index is 0.0376. The maximum atomic E-state index is 11.8. The van der Waals surface area contributed by atoms with E-state index < -0.39 is 0 Å². The van der Waals surface area contributed by atoms with Gasteiger partial charge in [0, 0.05) is 13.6 Å². The lowest BCUT2D eigenvalue weighted by Crippen LogP contribution is -2.42. The molecule has 2 rings (SSSR count). The molecule has 1 aliphatic rings. The third-order valence-corrected chi connectivity index (χ3v) is 3.20. The van der Waals surface area contributed by atoms with E-state index in [0.29, 0.717) is 10.8 Å². The van der Waals surface area contributed by atoms with Gasteiger partial charge in [0.1, 0.15) is 11.1 Å². The lowest BCUT2D eigenvalue weighted by molar-refractivity contribution is -0.121. The van der Waals surface area contributed by atoms with Gasteiger partial charge in [-0.2, -0.15) is 4.98 Å². The Labute approximate surface area is 110 Å². The third-order valence-electron chi connectivity index (χ3n) is 2.93. The van der Waals surface area contributed by atoms with Crippen molar-refractivity contribution in [2.45, 2.75) is 18.9 Å². The van der Waals surface area contributed by atoms with E-state index in [4.69, 9.17) is 17.4 Å². The number of nitrogen functional groups attached to an aromatic ring is 1.